The van der Waals surface area contributed by atoms with Crippen LogP contribution in [0.5, 0.6) is 5.75 Å². The molecule has 1 atom stereocenters. The molecule has 25 heavy (non-hydrogen) atoms. The van der Waals surface area contributed by atoms with Gasteiger partial charge < -0.3 is 4.74 Å². The van der Waals surface area contributed by atoms with E-state index >= 15 is 0 Å². The van der Waals surface area contributed by atoms with E-state index in [0.29, 0.717) is 10.6 Å². The van der Waals surface area contributed by atoms with Crippen LogP contribution >= 0.6 is 81.2 Å². The molecule has 0 aliphatic carbocycles. The first-order chi connectivity index (χ1) is 11.6. The summed E-state index contributed by atoms with van der Waals surface area (Å²) in [6, 6.07) is 6.67. The molecule has 0 unspecified atom stereocenters. The van der Waals surface area contributed by atoms with Gasteiger partial charge in [0.1, 0.15) is 10.0 Å². The number of esters is 1. The van der Waals surface area contributed by atoms with Crippen LogP contribution in [-0.4, -0.2) is 5.97 Å². The van der Waals surface area contributed by atoms with Gasteiger partial charge in [-0.3, -0.25) is 0 Å². The summed E-state index contributed by atoms with van der Waals surface area (Å²) in [6.45, 7) is 1.71. The molecule has 2 nitrogen and oxygen atoms in total. The Kier molecular flexibility index (Phi) is 7.06. The number of carbonyl (C=O) groups excluding carboxylic acids is 1. The molecule has 2 aromatic rings. The zero-order valence-electron chi connectivity index (χ0n) is 12.5. The zero-order valence-corrected chi connectivity index (χ0v) is 17.8. The molecule has 9 heteroatoms. The van der Waals surface area contributed by atoms with Crippen molar-refractivity contribution in [3.63, 3.8) is 0 Å². The average molecular weight is 481 g/mol. The Morgan fingerprint density at radius 2 is 1.40 bits per heavy atom. The molecule has 0 aromatic heterocycles. The fourth-order valence-corrected chi connectivity index (χ4v) is 3.82. The Hall–Kier alpha value is -0.0600. The van der Waals surface area contributed by atoms with Crippen LogP contribution in [0.1, 0.15) is 18.9 Å². The van der Waals surface area contributed by atoms with Crippen LogP contribution in [0.25, 0.3) is 0 Å². The number of ether oxygens (including phenoxy) is 1. The van der Waals surface area contributed by atoms with Gasteiger partial charge in [0.25, 0.3) is 0 Å². The minimum absolute atomic E-state index is 0.0446. The molecule has 2 rings (SSSR count). The van der Waals surface area contributed by atoms with E-state index in [-0.39, 0.29) is 37.3 Å². The number of alkyl halides is 1. The van der Waals surface area contributed by atoms with E-state index in [1.165, 1.54) is 0 Å². The SMILES string of the molecule is CC[C@@](Cl)(C(=O)Oc1c(Cl)c(Cl)c(Cl)c(Cl)c1Cl)c1ccccc1Cl. The van der Waals surface area contributed by atoms with E-state index in [4.69, 9.17) is 85.9 Å². The second kappa shape index (κ2) is 8.31. The van der Waals surface area contributed by atoms with Crippen molar-refractivity contribution in [2.45, 2.75) is 18.2 Å². The topological polar surface area (TPSA) is 26.3 Å². The number of rotatable bonds is 4. The Morgan fingerprint density at radius 3 is 1.88 bits per heavy atom. The van der Waals surface area contributed by atoms with Crippen LogP contribution in [0.15, 0.2) is 24.3 Å². The summed E-state index contributed by atoms with van der Waals surface area (Å²) < 4.78 is 5.34. The highest BCUT2D eigenvalue weighted by molar-refractivity contribution is 6.55. The third kappa shape index (κ3) is 3.96. The monoisotopic (exact) mass is 478 g/mol. The highest BCUT2D eigenvalue weighted by atomic mass is 35.5. The molecule has 2 aromatic carbocycles. The quantitative estimate of drug-likeness (QED) is 0.145. The maximum Gasteiger partial charge on any atom is 0.337 e. The standard InChI is InChI=1S/C16H9Cl7O2/c1-2-16(23,7-5-3-4-6-8(7)17)15(24)25-14-12(21)10(19)9(18)11(20)13(14)22/h3-6H,2H2,1H3/t16-/m0/s1. The van der Waals surface area contributed by atoms with Crippen LogP contribution in [-0.2, 0) is 9.67 Å². The van der Waals surface area contributed by atoms with Gasteiger partial charge in [0.05, 0.1) is 15.1 Å². The lowest BCUT2D eigenvalue weighted by atomic mass is 9.95. The lowest BCUT2D eigenvalue weighted by Crippen LogP contribution is -2.33. The minimum atomic E-state index is -1.55. The summed E-state index contributed by atoms with van der Waals surface area (Å²) in [5, 5.41) is -0.199. The first kappa shape index (κ1) is 21.2. The first-order valence-corrected chi connectivity index (χ1v) is 9.47. The van der Waals surface area contributed by atoms with E-state index in [2.05, 4.69) is 0 Å². The average Bonchev–Trinajstić information content (AvgIpc) is 2.61. The zero-order chi connectivity index (χ0) is 18.9. The molecular formula is C16H9Cl7O2. The molecule has 0 saturated heterocycles. The molecule has 0 amide bonds. The molecule has 0 saturated carbocycles. The smallest absolute Gasteiger partial charge is 0.337 e. The number of benzene rings is 2. The predicted octanol–water partition coefficient (Wildman–Crippen LogP) is 8.06. The maximum atomic E-state index is 12.8. The maximum absolute atomic E-state index is 12.8. The van der Waals surface area contributed by atoms with Gasteiger partial charge in [0.15, 0.2) is 10.6 Å². The predicted molar refractivity (Wildman–Crippen MR) is 106 cm³/mol. The Labute approximate surface area is 179 Å². The van der Waals surface area contributed by atoms with E-state index in [1.54, 1.807) is 31.2 Å². The lowest BCUT2D eigenvalue weighted by molar-refractivity contribution is -0.137. The number of hydrogen-bond acceptors (Lipinski definition) is 2. The third-order valence-electron chi connectivity index (χ3n) is 3.48. The van der Waals surface area contributed by atoms with Crippen molar-refractivity contribution >= 4 is 87.2 Å². The van der Waals surface area contributed by atoms with Crippen LogP contribution < -0.4 is 4.74 Å². The molecule has 0 bridgehead atoms. The summed E-state index contributed by atoms with van der Waals surface area (Å²) in [5.41, 5.74) is 0.393. The van der Waals surface area contributed by atoms with Crippen molar-refractivity contribution in [1.29, 1.82) is 0 Å². The molecule has 0 N–H and O–H groups in total. The van der Waals surface area contributed by atoms with Gasteiger partial charge >= 0.3 is 5.97 Å². The molecule has 0 aliphatic heterocycles. The number of halogens is 7. The molecule has 0 fully saturated rings. The van der Waals surface area contributed by atoms with Gasteiger partial charge in [-0.05, 0) is 12.5 Å². The van der Waals surface area contributed by atoms with Crippen molar-refractivity contribution in [3.05, 3.63) is 60.0 Å². The van der Waals surface area contributed by atoms with E-state index in [1.807, 2.05) is 0 Å². The normalized spacial score (nSPS) is 13.4. The van der Waals surface area contributed by atoms with Crippen molar-refractivity contribution < 1.29 is 9.53 Å². The van der Waals surface area contributed by atoms with Gasteiger partial charge in [0.2, 0.25) is 0 Å². The Balaban J connectivity index is 2.51. The van der Waals surface area contributed by atoms with Gasteiger partial charge in [-0.15, -0.1) is 11.6 Å². The van der Waals surface area contributed by atoms with Gasteiger partial charge in [0, 0.05) is 10.6 Å². The molecule has 134 valence electrons. The largest absolute Gasteiger partial charge is 0.422 e. The highest BCUT2D eigenvalue weighted by Crippen LogP contribution is 2.49. The minimum Gasteiger partial charge on any atom is -0.422 e. The number of carbonyl (C=O) groups is 1. The summed E-state index contributed by atoms with van der Waals surface area (Å²) in [4.78, 5) is 11.2. The molecule has 0 radical (unpaired) electrons. The van der Waals surface area contributed by atoms with Crippen molar-refractivity contribution in [2.75, 3.05) is 0 Å². The van der Waals surface area contributed by atoms with Crippen molar-refractivity contribution in [1.82, 2.24) is 0 Å². The highest BCUT2D eigenvalue weighted by Gasteiger charge is 2.41. The van der Waals surface area contributed by atoms with E-state index < -0.39 is 10.8 Å². The lowest BCUT2D eigenvalue weighted by Gasteiger charge is -2.25. The summed E-state index contributed by atoms with van der Waals surface area (Å²) in [6.07, 6.45) is 0.196. The van der Waals surface area contributed by atoms with E-state index in [0.717, 1.165) is 0 Å². The van der Waals surface area contributed by atoms with Gasteiger partial charge in [-0.1, -0.05) is 94.7 Å². The molecule has 0 aliphatic rings. The third-order valence-corrected chi connectivity index (χ3v) is 6.67. The summed E-state index contributed by atoms with van der Waals surface area (Å²) >= 11 is 42.7. The fourth-order valence-electron chi connectivity index (χ4n) is 2.08. The molecular weight excluding hydrogens is 472 g/mol. The summed E-state index contributed by atoms with van der Waals surface area (Å²) in [7, 11) is 0. The van der Waals surface area contributed by atoms with Gasteiger partial charge in [-0.25, -0.2) is 4.79 Å². The Morgan fingerprint density at radius 1 is 0.920 bits per heavy atom. The van der Waals surface area contributed by atoms with Crippen LogP contribution in [0.3, 0.4) is 0 Å². The molecule has 0 heterocycles. The van der Waals surface area contributed by atoms with E-state index in [9.17, 15) is 4.79 Å². The molecule has 0 spiro atoms. The summed E-state index contributed by atoms with van der Waals surface area (Å²) in [5.74, 6) is -1.05. The van der Waals surface area contributed by atoms with Crippen LogP contribution in [0.2, 0.25) is 30.1 Å². The Bertz CT molecular complexity index is 808. The fraction of sp³-hybridized carbons (Fsp3) is 0.188. The number of hydrogen-bond donors (Lipinski definition) is 0. The second-order valence-electron chi connectivity index (χ2n) is 4.92. The van der Waals surface area contributed by atoms with Crippen molar-refractivity contribution in [2.24, 2.45) is 0 Å². The van der Waals surface area contributed by atoms with Crippen LogP contribution in [0, 0.1) is 0 Å². The van der Waals surface area contributed by atoms with Crippen LogP contribution in [0.4, 0.5) is 0 Å². The van der Waals surface area contributed by atoms with Gasteiger partial charge in [-0.2, -0.15) is 0 Å². The first-order valence-electron chi connectivity index (χ1n) is 6.82. The van der Waals surface area contributed by atoms with Crippen molar-refractivity contribution in [3.8, 4) is 5.75 Å². The second-order valence-corrected chi connectivity index (χ2v) is 7.87.